The first-order valence-corrected chi connectivity index (χ1v) is 7.81. The minimum atomic E-state index is -0.238. The maximum absolute atomic E-state index is 12.4. The second-order valence-corrected chi connectivity index (χ2v) is 6.02. The third-order valence-electron chi connectivity index (χ3n) is 4.58. The van der Waals surface area contributed by atoms with Gasteiger partial charge >= 0.3 is 6.09 Å². The van der Waals surface area contributed by atoms with Gasteiger partial charge in [0.05, 0.1) is 0 Å². The van der Waals surface area contributed by atoms with E-state index in [2.05, 4.69) is 10.0 Å². The van der Waals surface area contributed by atoms with Crippen molar-refractivity contribution < 1.29 is 9.53 Å². The predicted molar refractivity (Wildman–Crippen MR) is 82.1 cm³/mol. The van der Waals surface area contributed by atoms with Gasteiger partial charge in [-0.2, -0.15) is 0 Å². The van der Waals surface area contributed by atoms with Crippen LogP contribution in [-0.2, 0) is 11.3 Å². The first-order valence-electron chi connectivity index (χ1n) is 7.81. The maximum atomic E-state index is 12.4. The third-order valence-corrected chi connectivity index (χ3v) is 4.58. The minimum Gasteiger partial charge on any atom is -0.445 e. The van der Waals surface area contributed by atoms with Crippen molar-refractivity contribution in [1.82, 2.24) is 4.90 Å². The molecule has 1 aromatic rings. The molecule has 0 aromatic heterocycles. The molecular formula is C16H20N4O2. The number of rotatable bonds is 3. The molecule has 0 aliphatic carbocycles. The lowest BCUT2D eigenvalue weighted by atomic mass is 9.82. The molecular weight excluding hydrogens is 280 g/mol. The van der Waals surface area contributed by atoms with Gasteiger partial charge in [0.2, 0.25) is 0 Å². The highest BCUT2D eigenvalue weighted by molar-refractivity contribution is 5.69. The Morgan fingerprint density at radius 1 is 1.27 bits per heavy atom. The lowest BCUT2D eigenvalue weighted by Crippen LogP contribution is -2.55. The van der Waals surface area contributed by atoms with Crippen molar-refractivity contribution in [2.45, 2.75) is 56.8 Å². The first kappa shape index (κ1) is 14.7. The molecule has 0 N–H and O–H groups in total. The summed E-state index contributed by atoms with van der Waals surface area (Å²) < 4.78 is 5.48. The summed E-state index contributed by atoms with van der Waals surface area (Å²) in [7, 11) is 0. The highest BCUT2D eigenvalue weighted by atomic mass is 16.6. The number of azide groups is 1. The number of carbonyl (C=O) groups excluding carboxylic acids is 1. The average Bonchev–Trinajstić information content (AvgIpc) is 2.53. The van der Waals surface area contributed by atoms with Gasteiger partial charge in [0.1, 0.15) is 6.61 Å². The number of benzene rings is 1. The molecule has 2 aliphatic heterocycles. The largest absolute Gasteiger partial charge is 0.445 e. The van der Waals surface area contributed by atoms with E-state index < -0.39 is 0 Å². The van der Waals surface area contributed by atoms with Gasteiger partial charge in [0.15, 0.2) is 0 Å². The Morgan fingerprint density at radius 3 is 2.59 bits per heavy atom. The highest BCUT2D eigenvalue weighted by Gasteiger charge is 2.41. The molecule has 116 valence electrons. The monoisotopic (exact) mass is 300 g/mol. The van der Waals surface area contributed by atoms with Gasteiger partial charge in [-0.05, 0) is 43.2 Å². The van der Waals surface area contributed by atoms with Gasteiger partial charge in [-0.1, -0.05) is 35.4 Å². The number of carbonyl (C=O) groups is 1. The molecule has 2 bridgehead atoms. The Morgan fingerprint density at radius 2 is 1.95 bits per heavy atom. The van der Waals surface area contributed by atoms with Crippen LogP contribution in [0.25, 0.3) is 10.4 Å². The second-order valence-electron chi connectivity index (χ2n) is 6.02. The fraction of sp³-hybridized carbons (Fsp3) is 0.562. The zero-order chi connectivity index (χ0) is 15.4. The number of piperidine rings is 2. The normalized spacial score (nSPS) is 26.9. The zero-order valence-corrected chi connectivity index (χ0v) is 12.5. The van der Waals surface area contributed by atoms with Crippen molar-refractivity contribution in [3.05, 3.63) is 46.3 Å². The molecule has 2 aliphatic rings. The van der Waals surface area contributed by atoms with Gasteiger partial charge < -0.3 is 9.64 Å². The second kappa shape index (κ2) is 6.71. The summed E-state index contributed by atoms with van der Waals surface area (Å²) in [4.78, 5) is 17.3. The van der Waals surface area contributed by atoms with Crippen molar-refractivity contribution in [2.24, 2.45) is 5.11 Å². The molecule has 2 unspecified atom stereocenters. The lowest BCUT2D eigenvalue weighted by molar-refractivity contribution is 0.0147. The summed E-state index contributed by atoms with van der Waals surface area (Å²) in [6.07, 6.45) is 4.32. The van der Waals surface area contributed by atoms with E-state index in [1.807, 2.05) is 35.2 Å². The molecule has 22 heavy (non-hydrogen) atoms. The predicted octanol–water partition coefficient (Wildman–Crippen LogP) is 4.02. The molecule has 0 spiro atoms. The molecule has 2 atom stereocenters. The van der Waals surface area contributed by atoms with Gasteiger partial charge in [-0.3, -0.25) is 0 Å². The zero-order valence-electron chi connectivity index (χ0n) is 12.5. The Balaban J connectivity index is 1.63. The van der Waals surface area contributed by atoms with E-state index in [0.29, 0.717) is 6.61 Å². The van der Waals surface area contributed by atoms with E-state index in [4.69, 9.17) is 10.3 Å². The number of nitrogens with zero attached hydrogens (tertiary/aromatic N) is 4. The van der Waals surface area contributed by atoms with Crippen molar-refractivity contribution >= 4 is 6.09 Å². The molecule has 6 heteroatoms. The van der Waals surface area contributed by atoms with Gasteiger partial charge in [0, 0.05) is 23.0 Å². The molecule has 2 heterocycles. The molecule has 6 nitrogen and oxygen atoms in total. The summed E-state index contributed by atoms with van der Waals surface area (Å²) in [6.45, 7) is 0.301. The maximum Gasteiger partial charge on any atom is 0.410 e. The number of amides is 1. The summed E-state index contributed by atoms with van der Waals surface area (Å²) in [6, 6.07) is 10.0. The smallest absolute Gasteiger partial charge is 0.410 e. The average molecular weight is 300 g/mol. The van der Waals surface area contributed by atoms with E-state index in [9.17, 15) is 4.79 Å². The van der Waals surface area contributed by atoms with E-state index in [-0.39, 0.29) is 24.2 Å². The Labute approximate surface area is 129 Å². The standard InChI is InChI=1S/C16H20N4O2/c17-19-18-13-9-14-7-4-8-15(10-13)20(14)16(21)22-11-12-5-2-1-3-6-12/h1-3,5-6,13-15H,4,7-11H2. The topological polar surface area (TPSA) is 78.3 Å². The third kappa shape index (κ3) is 3.17. The highest BCUT2D eigenvalue weighted by Crippen LogP contribution is 2.35. The van der Waals surface area contributed by atoms with Gasteiger partial charge in [-0.15, -0.1) is 0 Å². The van der Waals surface area contributed by atoms with Crippen LogP contribution >= 0.6 is 0 Å². The van der Waals surface area contributed by atoms with Crippen LogP contribution in [0.3, 0.4) is 0 Å². The summed E-state index contributed by atoms with van der Waals surface area (Å²) in [5.74, 6) is 0. The molecule has 3 rings (SSSR count). The first-order chi connectivity index (χ1) is 10.8. The lowest BCUT2D eigenvalue weighted by Gasteiger charge is -2.47. The molecule has 1 amide bonds. The number of ether oxygens (including phenoxy) is 1. The quantitative estimate of drug-likeness (QED) is 0.480. The van der Waals surface area contributed by atoms with Crippen LogP contribution in [0.5, 0.6) is 0 Å². The van der Waals surface area contributed by atoms with Crippen molar-refractivity contribution in [1.29, 1.82) is 0 Å². The van der Waals surface area contributed by atoms with E-state index in [1.54, 1.807) is 0 Å². The SMILES string of the molecule is [N-]=[N+]=NC1CC2CCCC(C1)N2C(=O)OCc1ccccc1. The van der Waals surface area contributed by atoms with Gasteiger partial charge in [-0.25, -0.2) is 4.79 Å². The van der Waals surface area contributed by atoms with E-state index >= 15 is 0 Å². The summed E-state index contributed by atoms with van der Waals surface area (Å²) >= 11 is 0. The Kier molecular flexibility index (Phi) is 4.49. The number of fused-ring (bicyclic) bond motifs is 2. The summed E-state index contributed by atoms with van der Waals surface area (Å²) in [5.41, 5.74) is 9.61. The fourth-order valence-electron chi connectivity index (χ4n) is 3.61. The van der Waals surface area contributed by atoms with Crippen molar-refractivity contribution in [3.63, 3.8) is 0 Å². The van der Waals surface area contributed by atoms with Gasteiger partial charge in [0.25, 0.3) is 0 Å². The number of hydrogen-bond acceptors (Lipinski definition) is 3. The molecule has 0 radical (unpaired) electrons. The minimum absolute atomic E-state index is 0.0125. The molecule has 1 aromatic carbocycles. The van der Waals surface area contributed by atoms with Crippen LogP contribution in [0.15, 0.2) is 35.4 Å². The Hall–Kier alpha value is -2.20. The van der Waals surface area contributed by atoms with E-state index in [0.717, 1.165) is 37.7 Å². The van der Waals surface area contributed by atoms with Crippen LogP contribution < -0.4 is 0 Å². The number of hydrogen-bond donors (Lipinski definition) is 0. The van der Waals surface area contributed by atoms with Crippen LogP contribution in [0.1, 0.15) is 37.7 Å². The van der Waals surface area contributed by atoms with Crippen molar-refractivity contribution in [3.8, 4) is 0 Å². The fourth-order valence-corrected chi connectivity index (χ4v) is 3.61. The molecule has 2 saturated heterocycles. The molecule has 2 fully saturated rings. The van der Waals surface area contributed by atoms with Crippen LogP contribution in [-0.4, -0.2) is 29.1 Å². The van der Waals surface area contributed by atoms with E-state index in [1.165, 1.54) is 0 Å². The van der Waals surface area contributed by atoms with Crippen LogP contribution in [0, 0.1) is 0 Å². The van der Waals surface area contributed by atoms with Crippen LogP contribution in [0.2, 0.25) is 0 Å². The Bertz CT molecular complexity index is 557. The van der Waals surface area contributed by atoms with Crippen molar-refractivity contribution in [2.75, 3.05) is 0 Å². The van der Waals surface area contributed by atoms with Crippen LogP contribution in [0.4, 0.5) is 4.79 Å². The summed E-state index contributed by atoms with van der Waals surface area (Å²) in [5, 5.41) is 3.86. The molecule has 0 saturated carbocycles.